The number of nitrogens with one attached hydrogen (secondary N) is 3. The highest BCUT2D eigenvalue weighted by Crippen LogP contribution is 2.27. The minimum atomic E-state index is -1.37. The maximum atomic E-state index is 13.4. The average Bonchev–Trinajstić information content (AvgIpc) is 2.86. The van der Waals surface area contributed by atoms with Crippen molar-refractivity contribution >= 4 is 29.3 Å². The predicted octanol–water partition coefficient (Wildman–Crippen LogP) is 0.276. The van der Waals surface area contributed by atoms with Gasteiger partial charge in [0.15, 0.2) is 11.6 Å². The van der Waals surface area contributed by atoms with Crippen LogP contribution < -0.4 is 33.2 Å². The van der Waals surface area contributed by atoms with Crippen LogP contribution in [0.15, 0.2) is 0 Å². The maximum Gasteiger partial charge on any atom is 0.244 e. The van der Waals surface area contributed by atoms with Crippen molar-refractivity contribution in [3.05, 3.63) is 0 Å². The molecule has 1 fully saturated rings. The topological polar surface area (TPSA) is 200 Å². The van der Waals surface area contributed by atoms with Gasteiger partial charge in [0.2, 0.25) is 17.7 Å². The molecular weight excluding hydrogens is 488 g/mol. The first-order valence-corrected chi connectivity index (χ1v) is 14.0. The number of nitrogens with two attached hydrogens (primary N) is 3. The minimum absolute atomic E-state index is 0.0171. The molecule has 1 saturated carbocycles. The summed E-state index contributed by atoms with van der Waals surface area (Å²) in [5.41, 5.74) is 16.9. The van der Waals surface area contributed by atoms with Crippen molar-refractivity contribution in [1.29, 1.82) is 0 Å². The Labute approximate surface area is 227 Å². The average molecular weight is 539 g/mol. The van der Waals surface area contributed by atoms with Gasteiger partial charge in [0.1, 0.15) is 12.1 Å². The van der Waals surface area contributed by atoms with Crippen LogP contribution in [0.4, 0.5) is 0 Å². The number of amides is 3. The highest BCUT2D eigenvalue weighted by molar-refractivity contribution is 6.05. The molecule has 0 heterocycles. The van der Waals surface area contributed by atoms with Crippen LogP contribution in [0.3, 0.4) is 0 Å². The van der Waals surface area contributed by atoms with Crippen LogP contribution in [0, 0.1) is 17.8 Å². The number of carbonyl (C=O) groups is 5. The Morgan fingerprint density at radius 2 is 1.42 bits per heavy atom. The molecule has 1 aliphatic carbocycles. The summed E-state index contributed by atoms with van der Waals surface area (Å²) in [5, 5.41) is 8.31. The van der Waals surface area contributed by atoms with E-state index in [4.69, 9.17) is 17.2 Å². The van der Waals surface area contributed by atoms with E-state index in [0.717, 1.165) is 25.7 Å². The second kappa shape index (κ2) is 17.3. The molecule has 1 aliphatic rings. The molecule has 1 rings (SSSR count). The molecule has 0 spiro atoms. The lowest BCUT2D eigenvalue weighted by molar-refractivity contribution is -0.134. The van der Waals surface area contributed by atoms with Gasteiger partial charge in [-0.15, -0.1) is 0 Å². The zero-order chi connectivity index (χ0) is 28.8. The third-order valence-corrected chi connectivity index (χ3v) is 7.24. The molecule has 11 nitrogen and oxygen atoms in total. The highest BCUT2D eigenvalue weighted by atomic mass is 16.2. The summed E-state index contributed by atoms with van der Waals surface area (Å²) in [6, 6.07) is -3.56. The summed E-state index contributed by atoms with van der Waals surface area (Å²) in [5.74, 6) is -2.33. The van der Waals surface area contributed by atoms with E-state index < -0.39 is 53.6 Å². The monoisotopic (exact) mass is 538 g/mol. The quantitative estimate of drug-likeness (QED) is 0.142. The Hall–Kier alpha value is -2.37. The molecule has 218 valence electrons. The van der Waals surface area contributed by atoms with Gasteiger partial charge in [0, 0.05) is 12.5 Å². The maximum absolute atomic E-state index is 13.4. The Kier molecular flexibility index (Phi) is 15.3. The summed E-state index contributed by atoms with van der Waals surface area (Å²) >= 11 is 0. The first-order valence-electron chi connectivity index (χ1n) is 14.0. The molecular formula is C27H50N6O5. The first-order chi connectivity index (χ1) is 17.9. The van der Waals surface area contributed by atoms with E-state index in [1.807, 2.05) is 13.8 Å². The van der Waals surface area contributed by atoms with Crippen LogP contribution in [0.25, 0.3) is 0 Å². The summed E-state index contributed by atoms with van der Waals surface area (Å²) < 4.78 is 0. The lowest BCUT2D eigenvalue weighted by atomic mass is 9.84. The van der Waals surface area contributed by atoms with E-state index in [1.54, 1.807) is 6.92 Å². The predicted molar refractivity (Wildman–Crippen MR) is 147 cm³/mol. The number of ketones is 2. The van der Waals surface area contributed by atoms with Crippen LogP contribution in [-0.2, 0) is 24.0 Å². The number of rotatable bonds is 17. The van der Waals surface area contributed by atoms with Gasteiger partial charge in [-0.25, -0.2) is 0 Å². The third kappa shape index (κ3) is 11.6. The molecule has 0 aromatic carbocycles. The van der Waals surface area contributed by atoms with Crippen LogP contribution >= 0.6 is 0 Å². The smallest absolute Gasteiger partial charge is 0.244 e. The SMILES string of the molecule is CC(=O)[C@H](CC1CCCCC1)NC(=O)[C@H](CCN)NC(=O)[C@@H](CC(C)C)C(C)NC(=O)[C@@H](N)C(=O)CCN. The number of hydrogen-bond donors (Lipinski definition) is 6. The van der Waals surface area contributed by atoms with E-state index in [0.29, 0.717) is 18.8 Å². The first kappa shape index (κ1) is 33.7. The van der Waals surface area contributed by atoms with E-state index in [2.05, 4.69) is 16.0 Å². The molecule has 5 atom stereocenters. The molecule has 1 unspecified atom stereocenters. The Bertz CT molecular complexity index is 799. The van der Waals surface area contributed by atoms with E-state index in [9.17, 15) is 24.0 Å². The molecule has 0 bridgehead atoms. The van der Waals surface area contributed by atoms with E-state index in [-0.39, 0.29) is 37.6 Å². The fourth-order valence-corrected chi connectivity index (χ4v) is 4.97. The number of hydrogen-bond acceptors (Lipinski definition) is 8. The molecule has 9 N–H and O–H groups in total. The van der Waals surface area contributed by atoms with Crippen molar-refractivity contribution in [1.82, 2.24) is 16.0 Å². The third-order valence-electron chi connectivity index (χ3n) is 7.24. The summed E-state index contributed by atoms with van der Waals surface area (Å²) in [6.45, 7) is 7.26. The van der Waals surface area contributed by atoms with Gasteiger partial charge in [0.05, 0.1) is 12.0 Å². The minimum Gasteiger partial charge on any atom is -0.351 e. The highest BCUT2D eigenvalue weighted by Gasteiger charge is 2.33. The Morgan fingerprint density at radius 1 is 0.816 bits per heavy atom. The second-order valence-electron chi connectivity index (χ2n) is 11.1. The summed E-state index contributed by atoms with van der Waals surface area (Å²) in [4.78, 5) is 63.4. The van der Waals surface area contributed by atoms with E-state index in [1.165, 1.54) is 13.3 Å². The lowest BCUT2D eigenvalue weighted by Gasteiger charge is -2.30. The zero-order valence-corrected chi connectivity index (χ0v) is 23.6. The van der Waals surface area contributed by atoms with E-state index >= 15 is 0 Å². The van der Waals surface area contributed by atoms with Crippen molar-refractivity contribution in [2.45, 2.75) is 110 Å². The van der Waals surface area contributed by atoms with Crippen molar-refractivity contribution in [2.24, 2.45) is 35.0 Å². The van der Waals surface area contributed by atoms with Gasteiger partial charge in [-0.05, 0) is 58.0 Å². The van der Waals surface area contributed by atoms with Crippen molar-refractivity contribution in [2.75, 3.05) is 13.1 Å². The fourth-order valence-electron chi connectivity index (χ4n) is 4.97. The van der Waals surface area contributed by atoms with Crippen LogP contribution in [0.2, 0.25) is 0 Å². The lowest BCUT2D eigenvalue weighted by Crippen LogP contribution is -2.56. The molecule has 0 saturated heterocycles. The van der Waals surface area contributed by atoms with Gasteiger partial charge < -0.3 is 33.2 Å². The van der Waals surface area contributed by atoms with Crippen LogP contribution in [0.5, 0.6) is 0 Å². The van der Waals surface area contributed by atoms with Gasteiger partial charge in [0.25, 0.3) is 0 Å². The second-order valence-corrected chi connectivity index (χ2v) is 11.1. The zero-order valence-electron chi connectivity index (χ0n) is 23.6. The Morgan fingerprint density at radius 3 is 1.95 bits per heavy atom. The van der Waals surface area contributed by atoms with Crippen molar-refractivity contribution in [3.8, 4) is 0 Å². The molecule has 11 heteroatoms. The standard InChI is InChI=1S/C27H50N6O5/c1-16(2)14-20(17(3)31-27(38)24(30)23(35)11-13-29)25(36)32-21(10-12-28)26(37)33-22(18(4)34)15-19-8-6-5-7-9-19/h16-17,19-22,24H,5-15,28-30H2,1-4H3,(H,31,38)(H,32,36)(H,33,37)/t17?,20-,21-,22-,24-/m0/s1. The van der Waals surface area contributed by atoms with Gasteiger partial charge in [-0.3, -0.25) is 24.0 Å². The van der Waals surface area contributed by atoms with Gasteiger partial charge in [-0.2, -0.15) is 0 Å². The van der Waals surface area contributed by atoms with Crippen molar-refractivity contribution in [3.63, 3.8) is 0 Å². The van der Waals surface area contributed by atoms with Gasteiger partial charge >= 0.3 is 0 Å². The molecule has 3 amide bonds. The number of Topliss-reactive ketones (excluding diaryl/α,β-unsaturated/α-hetero) is 2. The fraction of sp³-hybridized carbons (Fsp3) is 0.815. The molecule has 0 aromatic heterocycles. The molecule has 38 heavy (non-hydrogen) atoms. The van der Waals surface area contributed by atoms with Crippen molar-refractivity contribution < 1.29 is 24.0 Å². The number of carbonyl (C=O) groups excluding carboxylic acids is 5. The summed E-state index contributed by atoms with van der Waals surface area (Å²) in [6.07, 6.45) is 6.75. The molecule has 0 radical (unpaired) electrons. The molecule has 0 aliphatic heterocycles. The normalized spacial score (nSPS) is 18.1. The Balaban J connectivity index is 2.93. The van der Waals surface area contributed by atoms with Crippen LogP contribution in [-0.4, -0.2) is 66.5 Å². The summed E-state index contributed by atoms with van der Waals surface area (Å²) in [7, 11) is 0. The van der Waals surface area contributed by atoms with Crippen LogP contribution in [0.1, 0.15) is 85.5 Å². The largest absolute Gasteiger partial charge is 0.351 e. The van der Waals surface area contributed by atoms with Gasteiger partial charge in [-0.1, -0.05) is 46.0 Å². The molecule has 0 aromatic rings.